The molecule has 2 aromatic rings. The maximum Gasteiger partial charge on any atom is 0.194 e. The SMILES string of the molecule is CSc1sc(-c2ccn(C)n2)c2c1C(=O)/C(=C/O)C(C)(C)C2. The van der Waals surface area contributed by atoms with Crippen molar-refractivity contribution in [3.63, 3.8) is 0 Å². The van der Waals surface area contributed by atoms with Crippen LogP contribution in [0.15, 0.2) is 28.3 Å². The van der Waals surface area contributed by atoms with E-state index in [0.717, 1.165) is 38.6 Å². The topological polar surface area (TPSA) is 55.1 Å². The van der Waals surface area contributed by atoms with E-state index in [1.807, 2.05) is 39.4 Å². The Morgan fingerprint density at radius 3 is 2.77 bits per heavy atom. The molecule has 2 aromatic heterocycles. The van der Waals surface area contributed by atoms with Crippen LogP contribution in [0.4, 0.5) is 0 Å². The molecule has 0 saturated carbocycles. The number of hydrogen-bond donors (Lipinski definition) is 1. The largest absolute Gasteiger partial charge is 0.515 e. The second-order valence-electron chi connectivity index (χ2n) is 6.08. The molecule has 6 heteroatoms. The highest BCUT2D eigenvalue weighted by Gasteiger charge is 2.40. The molecule has 116 valence electrons. The highest BCUT2D eigenvalue weighted by Crippen LogP contribution is 2.49. The fraction of sp³-hybridized carbons (Fsp3) is 0.375. The molecule has 0 radical (unpaired) electrons. The van der Waals surface area contributed by atoms with Crippen LogP contribution in [0.1, 0.15) is 29.8 Å². The lowest BCUT2D eigenvalue weighted by Gasteiger charge is -2.31. The molecule has 0 amide bonds. The number of hydrogen-bond acceptors (Lipinski definition) is 5. The van der Waals surface area contributed by atoms with Gasteiger partial charge in [-0.05, 0) is 24.3 Å². The predicted octanol–water partition coefficient (Wildman–Crippen LogP) is 4.08. The summed E-state index contributed by atoms with van der Waals surface area (Å²) in [6.07, 6.45) is 5.59. The van der Waals surface area contributed by atoms with Crippen molar-refractivity contribution >= 4 is 28.9 Å². The van der Waals surface area contributed by atoms with Gasteiger partial charge < -0.3 is 5.11 Å². The van der Waals surface area contributed by atoms with E-state index in [4.69, 9.17) is 0 Å². The minimum Gasteiger partial charge on any atom is -0.515 e. The third kappa shape index (κ3) is 2.21. The lowest BCUT2D eigenvalue weighted by atomic mass is 9.71. The van der Waals surface area contributed by atoms with Crippen LogP contribution >= 0.6 is 23.1 Å². The first-order valence-electron chi connectivity index (χ1n) is 6.98. The normalized spacial score (nSPS) is 18.7. The summed E-state index contributed by atoms with van der Waals surface area (Å²) in [7, 11) is 1.89. The van der Waals surface area contributed by atoms with E-state index in [9.17, 15) is 9.90 Å². The zero-order valence-electron chi connectivity index (χ0n) is 13.0. The summed E-state index contributed by atoms with van der Waals surface area (Å²) >= 11 is 3.19. The van der Waals surface area contributed by atoms with Crippen LogP contribution in [0.25, 0.3) is 10.6 Å². The van der Waals surface area contributed by atoms with E-state index in [0.29, 0.717) is 5.57 Å². The monoisotopic (exact) mass is 334 g/mol. The van der Waals surface area contributed by atoms with Crippen LogP contribution in [-0.2, 0) is 13.5 Å². The number of carbonyl (C=O) groups excluding carboxylic acids is 1. The molecule has 0 bridgehead atoms. The van der Waals surface area contributed by atoms with Gasteiger partial charge in [-0.15, -0.1) is 23.1 Å². The zero-order chi connectivity index (χ0) is 16.1. The number of rotatable bonds is 2. The summed E-state index contributed by atoms with van der Waals surface area (Å²) in [5, 5.41) is 14.0. The highest BCUT2D eigenvalue weighted by atomic mass is 32.2. The Balaban J connectivity index is 2.25. The molecule has 0 fully saturated rings. The van der Waals surface area contributed by atoms with Crippen molar-refractivity contribution in [3.8, 4) is 10.6 Å². The second kappa shape index (κ2) is 5.28. The summed E-state index contributed by atoms with van der Waals surface area (Å²) in [4.78, 5) is 13.9. The van der Waals surface area contributed by atoms with E-state index in [-0.39, 0.29) is 11.2 Å². The molecule has 2 heterocycles. The van der Waals surface area contributed by atoms with Crippen molar-refractivity contribution in [3.05, 3.63) is 35.2 Å². The number of thiophene rings is 1. The van der Waals surface area contributed by atoms with E-state index in [1.54, 1.807) is 27.8 Å². The maximum absolute atomic E-state index is 12.8. The number of aliphatic hydroxyl groups is 1. The number of aryl methyl sites for hydroxylation is 1. The van der Waals surface area contributed by atoms with Gasteiger partial charge >= 0.3 is 0 Å². The molecule has 3 rings (SSSR count). The number of aromatic nitrogens is 2. The van der Waals surface area contributed by atoms with Gasteiger partial charge in [0.1, 0.15) is 5.69 Å². The lowest BCUT2D eigenvalue weighted by molar-refractivity contribution is 0.0988. The first-order chi connectivity index (χ1) is 10.4. The van der Waals surface area contributed by atoms with Crippen molar-refractivity contribution in [2.75, 3.05) is 6.26 Å². The average molecular weight is 334 g/mol. The smallest absolute Gasteiger partial charge is 0.194 e. The average Bonchev–Trinajstić information content (AvgIpc) is 3.01. The molecule has 0 aliphatic heterocycles. The number of thioether (sulfide) groups is 1. The van der Waals surface area contributed by atoms with Gasteiger partial charge in [0.05, 0.1) is 20.9 Å². The van der Waals surface area contributed by atoms with Crippen LogP contribution in [0.2, 0.25) is 0 Å². The quantitative estimate of drug-likeness (QED) is 0.511. The summed E-state index contributed by atoms with van der Waals surface area (Å²) in [6, 6.07) is 1.98. The van der Waals surface area contributed by atoms with Gasteiger partial charge in [-0.3, -0.25) is 9.48 Å². The number of Topliss-reactive ketones (excluding diaryl/α,β-unsaturated/α-hetero) is 1. The van der Waals surface area contributed by atoms with E-state index in [1.165, 1.54) is 0 Å². The fourth-order valence-electron chi connectivity index (χ4n) is 2.94. The Hall–Kier alpha value is -1.53. The molecule has 1 N–H and O–H groups in total. The van der Waals surface area contributed by atoms with Crippen molar-refractivity contribution in [1.82, 2.24) is 9.78 Å². The first kappa shape index (κ1) is 15.4. The Labute approximate surface area is 137 Å². The van der Waals surface area contributed by atoms with Gasteiger partial charge in [0, 0.05) is 24.2 Å². The van der Waals surface area contributed by atoms with Crippen LogP contribution < -0.4 is 0 Å². The van der Waals surface area contributed by atoms with Crippen LogP contribution in [-0.4, -0.2) is 26.9 Å². The number of ketones is 1. The van der Waals surface area contributed by atoms with Crippen molar-refractivity contribution in [2.45, 2.75) is 24.5 Å². The van der Waals surface area contributed by atoms with Gasteiger partial charge in [0.25, 0.3) is 0 Å². The van der Waals surface area contributed by atoms with E-state index < -0.39 is 0 Å². The Morgan fingerprint density at radius 2 is 2.23 bits per heavy atom. The van der Waals surface area contributed by atoms with Gasteiger partial charge in [-0.25, -0.2) is 0 Å². The van der Waals surface area contributed by atoms with Crippen LogP contribution in [0, 0.1) is 5.41 Å². The van der Waals surface area contributed by atoms with E-state index >= 15 is 0 Å². The molecular formula is C16H18N2O2S2. The number of nitrogens with zero attached hydrogens (tertiary/aromatic N) is 2. The van der Waals surface area contributed by atoms with Gasteiger partial charge in [-0.2, -0.15) is 5.10 Å². The van der Waals surface area contributed by atoms with Gasteiger partial charge in [-0.1, -0.05) is 13.8 Å². The van der Waals surface area contributed by atoms with E-state index in [2.05, 4.69) is 5.10 Å². The van der Waals surface area contributed by atoms with Crippen molar-refractivity contribution in [2.24, 2.45) is 12.5 Å². The predicted molar refractivity (Wildman–Crippen MR) is 90.8 cm³/mol. The first-order valence-corrected chi connectivity index (χ1v) is 9.02. The van der Waals surface area contributed by atoms with Crippen LogP contribution in [0.5, 0.6) is 0 Å². The molecule has 22 heavy (non-hydrogen) atoms. The molecular weight excluding hydrogens is 316 g/mol. The van der Waals surface area contributed by atoms with Crippen molar-refractivity contribution < 1.29 is 9.90 Å². The van der Waals surface area contributed by atoms with Gasteiger partial charge in [0.2, 0.25) is 0 Å². The molecule has 4 nitrogen and oxygen atoms in total. The van der Waals surface area contributed by atoms with Crippen LogP contribution in [0.3, 0.4) is 0 Å². The van der Waals surface area contributed by atoms with Gasteiger partial charge in [0.15, 0.2) is 5.78 Å². The standard InChI is InChI=1S/C16H18N2O2S2/c1-16(2)7-9-12(13(20)10(16)8-19)15(21-4)22-14(9)11-5-6-18(3)17-11/h5-6,8,19H,7H2,1-4H3/b10-8-. The molecule has 0 saturated heterocycles. The summed E-state index contributed by atoms with van der Waals surface area (Å²) in [5.74, 6) is -0.0588. The second-order valence-corrected chi connectivity index (χ2v) is 8.18. The number of aliphatic hydroxyl groups excluding tert-OH is 1. The fourth-order valence-corrected chi connectivity index (χ4v) is 4.96. The lowest BCUT2D eigenvalue weighted by Crippen LogP contribution is -2.30. The molecule has 0 atom stereocenters. The minimum absolute atomic E-state index is 0.0588. The third-order valence-corrected chi connectivity index (χ3v) is 6.43. The zero-order valence-corrected chi connectivity index (χ0v) is 14.6. The summed E-state index contributed by atoms with van der Waals surface area (Å²) < 4.78 is 2.77. The van der Waals surface area contributed by atoms with Crippen molar-refractivity contribution in [1.29, 1.82) is 0 Å². The Bertz CT molecular complexity index is 784. The Kier molecular flexibility index (Phi) is 3.69. The minimum atomic E-state index is -0.376. The molecule has 0 unspecified atom stereocenters. The maximum atomic E-state index is 12.8. The summed E-state index contributed by atoms with van der Waals surface area (Å²) in [5.41, 5.74) is 2.83. The summed E-state index contributed by atoms with van der Waals surface area (Å²) in [6.45, 7) is 3.99. The molecule has 0 spiro atoms. The number of allylic oxidation sites excluding steroid dienone is 1. The Morgan fingerprint density at radius 1 is 1.50 bits per heavy atom. The highest BCUT2D eigenvalue weighted by molar-refractivity contribution is 8.00. The third-order valence-electron chi connectivity index (χ3n) is 4.06. The number of carbonyl (C=O) groups is 1. The molecule has 1 aliphatic carbocycles. The molecule has 1 aliphatic rings. The number of fused-ring (bicyclic) bond motifs is 1. The molecule has 0 aromatic carbocycles.